The van der Waals surface area contributed by atoms with Gasteiger partial charge in [-0.15, -0.1) is 0 Å². The molecule has 0 aliphatic carbocycles. The maximum absolute atomic E-state index is 12.8. The molecule has 0 bridgehead atoms. The maximum atomic E-state index is 12.8. The molecule has 266 valence electrons. The molecule has 0 radical (unpaired) electrons. The van der Waals surface area contributed by atoms with Gasteiger partial charge >= 0.3 is 0 Å². The number of rotatable bonds is 29. The van der Waals surface area contributed by atoms with Crippen LogP contribution in [0.4, 0.5) is 0 Å². The second-order valence-corrected chi connectivity index (χ2v) is 13.0. The molecule has 7 atom stereocenters. The number of allylic oxidation sites excluding steroid dienone is 1. The minimum Gasteiger partial charge on any atom is -0.394 e. The molecule has 0 aromatic carbocycles. The van der Waals surface area contributed by atoms with Gasteiger partial charge in [0.2, 0.25) is 5.91 Å². The van der Waals surface area contributed by atoms with Gasteiger partial charge in [-0.3, -0.25) is 4.79 Å². The van der Waals surface area contributed by atoms with E-state index < -0.39 is 49.5 Å². The predicted octanol–water partition coefficient (Wildman–Crippen LogP) is 5.83. The summed E-state index contributed by atoms with van der Waals surface area (Å²) in [4.78, 5) is 12.8. The lowest BCUT2D eigenvalue weighted by molar-refractivity contribution is -0.302. The molecule has 45 heavy (non-hydrogen) atoms. The lowest BCUT2D eigenvalue weighted by atomic mass is 9.99. The SMILES string of the molecule is CCCCCCCCCCCCC/C=C/C(O)C(COC1OC(CO)C(O)C(O)C1O)NC(=O)CCCCCCCCCCC. The molecule has 9 nitrogen and oxygen atoms in total. The van der Waals surface area contributed by atoms with Gasteiger partial charge < -0.3 is 40.3 Å². The number of hydrogen-bond donors (Lipinski definition) is 6. The minimum absolute atomic E-state index is 0.182. The summed E-state index contributed by atoms with van der Waals surface area (Å²) in [6.45, 7) is 3.71. The zero-order valence-corrected chi connectivity index (χ0v) is 28.6. The Morgan fingerprint density at radius 2 is 1.22 bits per heavy atom. The molecular weight excluding hydrogens is 574 g/mol. The minimum atomic E-state index is -1.56. The summed E-state index contributed by atoms with van der Waals surface area (Å²) >= 11 is 0. The average molecular weight is 644 g/mol. The predicted molar refractivity (Wildman–Crippen MR) is 180 cm³/mol. The van der Waals surface area contributed by atoms with Gasteiger partial charge in [-0.05, 0) is 19.3 Å². The van der Waals surface area contributed by atoms with Crippen molar-refractivity contribution in [1.29, 1.82) is 0 Å². The lowest BCUT2D eigenvalue weighted by Gasteiger charge is -2.40. The van der Waals surface area contributed by atoms with E-state index in [1.54, 1.807) is 6.08 Å². The van der Waals surface area contributed by atoms with E-state index in [-0.39, 0.29) is 12.5 Å². The first-order valence-electron chi connectivity index (χ1n) is 18.4. The third kappa shape index (κ3) is 20.0. The monoisotopic (exact) mass is 644 g/mol. The highest BCUT2D eigenvalue weighted by atomic mass is 16.7. The van der Waals surface area contributed by atoms with E-state index in [1.807, 2.05) is 6.08 Å². The van der Waals surface area contributed by atoms with Crippen molar-refractivity contribution in [2.45, 2.75) is 198 Å². The van der Waals surface area contributed by atoms with Crippen molar-refractivity contribution in [3.63, 3.8) is 0 Å². The van der Waals surface area contributed by atoms with Crippen LogP contribution in [0.3, 0.4) is 0 Å². The number of carbonyl (C=O) groups excluding carboxylic acids is 1. The number of nitrogens with one attached hydrogen (secondary N) is 1. The van der Waals surface area contributed by atoms with Crippen LogP contribution in [-0.4, -0.2) is 87.5 Å². The van der Waals surface area contributed by atoms with Crippen molar-refractivity contribution >= 4 is 5.91 Å². The fourth-order valence-corrected chi connectivity index (χ4v) is 5.80. The topological polar surface area (TPSA) is 149 Å². The first-order chi connectivity index (χ1) is 21.8. The Morgan fingerprint density at radius 1 is 0.733 bits per heavy atom. The van der Waals surface area contributed by atoms with Gasteiger partial charge in [0.05, 0.1) is 25.4 Å². The Hall–Kier alpha value is -1.07. The van der Waals surface area contributed by atoms with Gasteiger partial charge in [-0.25, -0.2) is 0 Å². The molecule has 9 heteroatoms. The number of amides is 1. The largest absolute Gasteiger partial charge is 0.394 e. The summed E-state index contributed by atoms with van der Waals surface area (Å²) in [5.74, 6) is -0.182. The van der Waals surface area contributed by atoms with E-state index in [2.05, 4.69) is 19.2 Å². The molecule has 1 aliphatic rings. The van der Waals surface area contributed by atoms with Crippen molar-refractivity contribution in [2.24, 2.45) is 0 Å². The highest BCUT2D eigenvalue weighted by Gasteiger charge is 2.44. The molecule has 1 rings (SSSR count). The van der Waals surface area contributed by atoms with E-state index in [4.69, 9.17) is 9.47 Å². The van der Waals surface area contributed by atoms with Crippen LogP contribution in [-0.2, 0) is 14.3 Å². The Morgan fingerprint density at radius 3 is 1.73 bits per heavy atom. The average Bonchev–Trinajstić information content (AvgIpc) is 3.04. The van der Waals surface area contributed by atoms with Gasteiger partial charge in [-0.2, -0.15) is 0 Å². The van der Waals surface area contributed by atoms with Crippen LogP contribution in [0.25, 0.3) is 0 Å². The molecule has 1 fully saturated rings. The van der Waals surface area contributed by atoms with Crippen LogP contribution < -0.4 is 5.32 Å². The standard InChI is InChI=1S/C36H69NO8/c1-3-5-7-9-11-13-14-15-16-18-19-21-23-25-30(39)29(28-44-36-35(43)34(42)33(41)31(27-38)45-36)37-32(40)26-24-22-20-17-12-10-8-6-4-2/h23,25,29-31,33-36,38-39,41-43H,3-22,24,26-28H2,1-2H3,(H,37,40)/b25-23+. The Balaban J connectivity index is 2.49. The second-order valence-electron chi connectivity index (χ2n) is 13.0. The molecule has 1 saturated heterocycles. The van der Waals surface area contributed by atoms with E-state index >= 15 is 0 Å². The smallest absolute Gasteiger partial charge is 0.220 e. The normalized spacial score (nSPS) is 23.4. The molecule has 6 N–H and O–H groups in total. The number of aliphatic hydroxyl groups excluding tert-OH is 5. The molecule has 0 aromatic heterocycles. The van der Waals surface area contributed by atoms with Crippen molar-refractivity contribution < 1.29 is 39.8 Å². The van der Waals surface area contributed by atoms with Crippen LogP contribution in [0.5, 0.6) is 0 Å². The first kappa shape index (κ1) is 42.0. The van der Waals surface area contributed by atoms with Gasteiger partial charge in [-0.1, -0.05) is 142 Å². The molecular formula is C36H69NO8. The maximum Gasteiger partial charge on any atom is 0.220 e. The van der Waals surface area contributed by atoms with Crippen LogP contribution in [0.15, 0.2) is 12.2 Å². The fraction of sp³-hybridized carbons (Fsp3) is 0.917. The molecule has 1 aliphatic heterocycles. The van der Waals surface area contributed by atoms with Gasteiger partial charge in [0, 0.05) is 6.42 Å². The summed E-state index contributed by atoms with van der Waals surface area (Å²) in [6, 6.07) is -0.794. The summed E-state index contributed by atoms with van der Waals surface area (Å²) in [7, 11) is 0. The summed E-state index contributed by atoms with van der Waals surface area (Å²) < 4.78 is 11.1. The Labute approximate surface area is 274 Å². The summed E-state index contributed by atoms with van der Waals surface area (Å²) in [6.07, 6.45) is 21.1. The van der Waals surface area contributed by atoms with E-state index in [1.165, 1.54) is 96.3 Å². The number of carbonyl (C=O) groups is 1. The molecule has 1 amide bonds. The number of ether oxygens (including phenoxy) is 2. The highest BCUT2D eigenvalue weighted by molar-refractivity contribution is 5.76. The van der Waals surface area contributed by atoms with E-state index in [0.29, 0.717) is 6.42 Å². The first-order valence-corrected chi connectivity index (χ1v) is 18.4. The summed E-state index contributed by atoms with van der Waals surface area (Å²) in [5, 5.41) is 53.7. The zero-order chi connectivity index (χ0) is 33.1. The Bertz CT molecular complexity index is 721. The molecule has 7 unspecified atom stereocenters. The fourth-order valence-electron chi connectivity index (χ4n) is 5.80. The number of hydrogen-bond acceptors (Lipinski definition) is 8. The van der Waals surface area contributed by atoms with E-state index in [9.17, 15) is 30.3 Å². The lowest BCUT2D eigenvalue weighted by Crippen LogP contribution is -2.60. The highest BCUT2D eigenvalue weighted by Crippen LogP contribution is 2.22. The van der Waals surface area contributed by atoms with Crippen LogP contribution in [0.2, 0.25) is 0 Å². The quantitative estimate of drug-likeness (QED) is 0.0441. The van der Waals surface area contributed by atoms with Crippen molar-refractivity contribution in [2.75, 3.05) is 13.2 Å². The number of unbranched alkanes of at least 4 members (excludes halogenated alkanes) is 19. The van der Waals surface area contributed by atoms with Gasteiger partial charge in [0.1, 0.15) is 24.4 Å². The number of aliphatic hydroxyl groups is 5. The van der Waals surface area contributed by atoms with Crippen molar-refractivity contribution in [1.82, 2.24) is 5.32 Å². The zero-order valence-electron chi connectivity index (χ0n) is 28.6. The second kappa shape index (κ2) is 28.0. The van der Waals surface area contributed by atoms with Crippen molar-refractivity contribution in [3.05, 3.63) is 12.2 Å². The third-order valence-corrected chi connectivity index (χ3v) is 8.86. The van der Waals surface area contributed by atoms with E-state index in [0.717, 1.165) is 38.5 Å². The molecule has 0 saturated carbocycles. The van der Waals surface area contributed by atoms with Crippen LogP contribution in [0.1, 0.15) is 155 Å². The molecule has 0 spiro atoms. The van der Waals surface area contributed by atoms with Crippen LogP contribution in [0, 0.1) is 0 Å². The Kier molecular flexibility index (Phi) is 26.1. The van der Waals surface area contributed by atoms with Gasteiger partial charge in [0.25, 0.3) is 0 Å². The van der Waals surface area contributed by atoms with Crippen LogP contribution >= 0.6 is 0 Å². The molecule has 0 aromatic rings. The van der Waals surface area contributed by atoms with Gasteiger partial charge in [0.15, 0.2) is 6.29 Å². The molecule has 1 heterocycles. The summed E-state index contributed by atoms with van der Waals surface area (Å²) in [5.41, 5.74) is 0. The third-order valence-electron chi connectivity index (χ3n) is 8.86. The van der Waals surface area contributed by atoms with Crippen molar-refractivity contribution in [3.8, 4) is 0 Å².